The molecule has 2 heteroatoms. The Morgan fingerprint density at radius 3 is 2.53 bits per heavy atom. The first-order chi connectivity index (χ1) is 8.26. The van der Waals surface area contributed by atoms with Crippen molar-refractivity contribution in [2.24, 2.45) is 0 Å². The molecule has 0 unspecified atom stereocenters. The Labute approximate surface area is 101 Å². The smallest absolute Gasteiger partial charge is 0.154 e. The molecule has 0 aliphatic heterocycles. The summed E-state index contributed by atoms with van der Waals surface area (Å²) in [5, 5.41) is 0. The SMILES string of the molecule is COc1cccc(-c2cccc(C)c2)c1C=O. The Bertz CT molecular complexity index is 544. The number of carbonyl (C=O) groups is 1. The van der Waals surface area contributed by atoms with Crippen molar-refractivity contribution in [2.75, 3.05) is 7.11 Å². The lowest BCUT2D eigenvalue weighted by Gasteiger charge is -2.09. The first-order valence-corrected chi connectivity index (χ1v) is 5.45. The highest BCUT2D eigenvalue weighted by molar-refractivity contribution is 5.91. The minimum atomic E-state index is 0.598. The number of hydrogen-bond donors (Lipinski definition) is 0. The Balaban J connectivity index is 2.63. The van der Waals surface area contributed by atoms with E-state index in [0.717, 1.165) is 17.4 Å². The van der Waals surface area contributed by atoms with Gasteiger partial charge in [-0.2, -0.15) is 0 Å². The van der Waals surface area contributed by atoms with Gasteiger partial charge in [-0.25, -0.2) is 0 Å². The number of ether oxygens (including phenoxy) is 1. The maximum Gasteiger partial charge on any atom is 0.154 e. The quantitative estimate of drug-likeness (QED) is 0.749. The summed E-state index contributed by atoms with van der Waals surface area (Å²) in [6, 6.07) is 13.7. The molecule has 0 amide bonds. The largest absolute Gasteiger partial charge is 0.496 e. The summed E-state index contributed by atoms with van der Waals surface area (Å²) < 4.78 is 5.20. The predicted octanol–water partition coefficient (Wildman–Crippen LogP) is 3.48. The van der Waals surface area contributed by atoms with Crippen LogP contribution in [0.15, 0.2) is 42.5 Å². The maximum atomic E-state index is 11.2. The number of aryl methyl sites for hydroxylation is 1. The van der Waals surface area contributed by atoms with Crippen LogP contribution < -0.4 is 4.74 Å². The Kier molecular flexibility index (Phi) is 3.24. The number of rotatable bonds is 3. The molecule has 0 heterocycles. The molecule has 0 saturated heterocycles. The third-order valence-electron chi connectivity index (χ3n) is 2.73. The van der Waals surface area contributed by atoms with Crippen LogP contribution >= 0.6 is 0 Å². The van der Waals surface area contributed by atoms with Crippen LogP contribution in [0.3, 0.4) is 0 Å². The molecule has 0 atom stereocenters. The molecule has 0 bridgehead atoms. The van der Waals surface area contributed by atoms with Crippen LogP contribution in [0.5, 0.6) is 5.75 Å². The summed E-state index contributed by atoms with van der Waals surface area (Å²) in [5.74, 6) is 0.610. The molecular weight excluding hydrogens is 212 g/mol. The monoisotopic (exact) mass is 226 g/mol. The molecule has 0 aliphatic rings. The number of hydrogen-bond acceptors (Lipinski definition) is 2. The molecular formula is C15H14O2. The van der Waals surface area contributed by atoms with E-state index in [1.807, 2.05) is 37.3 Å². The van der Waals surface area contributed by atoms with Gasteiger partial charge in [-0.15, -0.1) is 0 Å². The molecule has 2 aromatic rings. The van der Waals surface area contributed by atoms with E-state index >= 15 is 0 Å². The molecule has 0 aromatic heterocycles. The molecule has 86 valence electrons. The Morgan fingerprint density at radius 1 is 1.12 bits per heavy atom. The van der Waals surface area contributed by atoms with Crippen molar-refractivity contribution >= 4 is 6.29 Å². The van der Waals surface area contributed by atoms with Crippen molar-refractivity contribution in [3.8, 4) is 16.9 Å². The molecule has 2 aromatic carbocycles. The van der Waals surface area contributed by atoms with Gasteiger partial charge >= 0.3 is 0 Å². The van der Waals surface area contributed by atoms with E-state index in [0.29, 0.717) is 11.3 Å². The van der Waals surface area contributed by atoms with Crippen molar-refractivity contribution in [2.45, 2.75) is 6.92 Å². The van der Waals surface area contributed by atoms with Gasteiger partial charge in [0.25, 0.3) is 0 Å². The maximum absolute atomic E-state index is 11.2. The van der Waals surface area contributed by atoms with E-state index in [9.17, 15) is 4.79 Å². The standard InChI is InChI=1S/C15H14O2/c1-11-5-3-6-12(9-11)13-7-4-8-15(17-2)14(13)10-16/h3-10H,1-2H3. The second kappa shape index (κ2) is 4.83. The first kappa shape index (κ1) is 11.4. The highest BCUT2D eigenvalue weighted by Gasteiger charge is 2.09. The molecule has 0 spiro atoms. The highest BCUT2D eigenvalue weighted by Crippen LogP contribution is 2.29. The lowest BCUT2D eigenvalue weighted by Crippen LogP contribution is -1.93. The highest BCUT2D eigenvalue weighted by atomic mass is 16.5. The zero-order valence-corrected chi connectivity index (χ0v) is 9.94. The van der Waals surface area contributed by atoms with E-state index in [1.54, 1.807) is 13.2 Å². The minimum absolute atomic E-state index is 0.598. The summed E-state index contributed by atoms with van der Waals surface area (Å²) in [6.45, 7) is 2.03. The average molecular weight is 226 g/mol. The second-order valence-electron chi connectivity index (χ2n) is 3.91. The molecule has 0 radical (unpaired) electrons. The van der Waals surface area contributed by atoms with Crippen molar-refractivity contribution < 1.29 is 9.53 Å². The van der Waals surface area contributed by atoms with E-state index in [4.69, 9.17) is 4.74 Å². The molecule has 17 heavy (non-hydrogen) atoms. The molecule has 0 N–H and O–H groups in total. The average Bonchev–Trinajstić information content (AvgIpc) is 2.37. The fourth-order valence-electron chi connectivity index (χ4n) is 1.91. The van der Waals surface area contributed by atoms with Crippen molar-refractivity contribution in [1.82, 2.24) is 0 Å². The van der Waals surface area contributed by atoms with Gasteiger partial charge in [0.1, 0.15) is 5.75 Å². The number of benzene rings is 2. The van der Waals surface area contributed by atoms with E-state index < -0.39 is 0 Å². The van der Waals surface area contributed by atoms with Crippen LogP contribution in [-0.4, -0.2) is 13.4 Å². The van der Waals surface area contributed by atoms with Gasteiger partial charge in [-0.3, -0.25) is 4.79 Å². The molecule has 2 nitrogen and oxygen atoms in total. The van der Waals surface area contributed by atoms with Gasteiger partial charge in [-0.05, 0) is 24.1 Å². The van der Waals surface area contributed by atoms with E-state index in [-0.39, 0.29) is 0 Å². The number of aldehydes is 1. The third kappa shape index (κ3) is 2.21. The zero-order valence-electron chi connectivity index (χ0n) is 9.94. The lowest BCUT2D eigenvalue weighted by molar-refractivity contribution is 0.112. The van der Waals surface area contributed by atoms with Crippen molar-refractivity contribution in [3.05, 3.63) is 53.6 Å². The minimum Gasteiger partial charge on any atom is -0.496 e. The lowest BCUT2D eigenvalue weighted by atomic mass is 9.98. The Morgan fingerprint density at radius 2 is 1.88 bits per heavy atom. The number of carbonyl (C=O) groups excluding carboxylic acids is 1. The van der Waals surface area contributed by atoms with Crippen molar-refractivity contribution in [1.29, 1.82) is 0 Å². The van der Waals surface area contributed by atoms with Crippen LogP contribution in [0.25, 0.3) is 11.1 Å². The fraction of sp³-hybridized carbons (Fsp3) is 0.133. The Hall–Kier alpha value is -2.09. The van der Waals surface area contributed by atoms with Crippen LogP contribution in [-0.2, 0) is 0 Å². The molecule has 2 rings (SSSR count). The molecule has 0 saturated carbocycles. The second-order valence-corrected chi connectivity index (χ2v) is 3.91. The van der Waals surface area contributed by atoms with Gasteiger partial charge in [-0.1, -0.05) is 42.0 Å². The fourth-order valence-corrected chi connectivity index (χ4v) is 1.91. The molecule has 0 fully saturated rings. The van der Waals surface area contributed by atoms with Crippen LogP contribution in [0, 0.1) is 6.92 Å². The summed E-state index contributed by atoms with van der Waals surface area (Å²) in [7, 11) is 1.57. The van der Waals surface area contributed by atoms with Gasteiger partial charge in [0.2, 0.25) is 0 Å². The van der Waals surface area contributed by atoms with Crippen molar-refractivity contribution in [3.63, 3.8) is 0 Å². The summed E-state index contributed by atoms with van der Waals surface area (Å²) in [4.78, 5) is 11.2. The van der Waals surface area contributed by atoms with E-state index in [1.165, 1.54) is 5.56 Å². The van der Waals surface area contributed by atoms with Gasteiger partial charge in [0, 0.05) is 0 Å². The summed E-state index contributed by atoms with van der Waals surface area (Å²) in [5.41, 5.74) is 3.71. The topological polar surface area (TPSA) is 26.3 Å². The van der Waals surface area contributed by atoms with Crippen LogP contribution in [0.2, 0.25) is 0 Å². The number of methoxy groups -OCH3 is 1. The third-order valence-corrected chi connectivity index (χ3v) is 2.73. The van der Waals surface area contributed by atoms with Crippen LogP contribution in [0.1, 0.15) is 15.9 Å². The van der Waals surface area contributed by atoms with E-state index in [2.05, 4.69) is 6.07 Å². The van der Waals surface area contributed by atoms with Gasteiger partial charge in [0.05, 0.1) is 12.7 Å². The molecule has 0 aliphatic carbocycles. The normalized spacial score (nSPS) is 10.0. The summed E-state index contributed by atoms with van der Waals surface area (Å²) in [6.07, 6.45) is 0.844. The van der Waals surface area contributed by atoms with Gasteiger partial charge < -0.3 is 4.74 Å². The predicted molar refractivity (Wildman–Crippen MR) is 68.6 cm³/mol. The zero-order chi connectivity index (χ0) is 12.3. The van der Waals surface area contributed by atoms with Gasteiger partial charge in [0.15, 0.2) is 6.29 Å². The summed E-state index contributed by atoms with van der Waals surface area (Å²) >= 11 is 0. The first-order valence-electron chi connectivity index (χ1n) is 5.45. The van der Waals surface area contributed by atoms with Crippen LogP contribution in [0.4, 0.5) is 0 Å².